The lowest BCUT2D eigenvalue weighted by Gasteiger charge is -2.12. The Morgan fingerprint density at radius 1 is 1.30 bits per heavy atom. The summed E-state index contributed by atoms with van der Waals surface area (Å²) in [6.07, 6.45) is 5.18. The molecule has 1 aromatic heterocycles. The molecule has 1 amide bonds. The number of hydrogen-bond acceptors (Lipinski definition) is 5. The van der Waals surface area contributed by atoms with E-state index in [2.05, 4.69) is 11.9 Å². The summed E-state index contributed by atoms with van der Waals surface area (Å²) >= 11 is 2.96. The Bertz CT molecular complexity index is 602. The molecule has 4 nitrogen and oxygen atoms in total. The van der Waals surface area contributed by atoms with Crippen LogP contribution in [0.2, 0.25) is 0 Å². The van der Waals surface area contributed by atoms with Crippen LogP contribution in [0.5, 0.6) is 0 Å². The molecule has 1 heterocycles. The molecule has 23 heavy (non-hydrogen) atoms. The van der Waals surface area contributed by atoms with Crippen LogP contribution in [0.25, 0.3) is 11.3 Å². The minimum atomic E-state index is -0.344. The van der Waals surface area contributed by atoms with Crippen LogP contribution in [-0.4, -0.2) is 21.3 Å². The summed E-state index contributed by atoms with van der Waals surface area (Å²) in [5, 5.41) is 10.6. The summed E-state index contributed by atoms with van der Waals surface area (Å²) in [6, 6.07) is 9.98. The molecule has 0 fully saturated rings. The van der Waals surface area contributed by atoms with Gasteiger partial charge in [0.2, 0.25) is 0 Å². The number of amides is 1. The van der Waals surface area contributed by atoms with Gasteiger partial charge in [-0.1, -0.05) is 74.7 Å². The molecule has 6 heteroatoms. The maximum atomic E-state index is 11.9. The minimum Gasteiger partial charge on any atom is -0.289 e. The Labute approximate surface area is 145 Å². The third-order valence-electron chi connectivity index (χ3n) is 3.52. The number of thioether (sulfide) groups is 1. The van der Waals surface area contributed by atoms with Crippen molar-refractivity contribution in [3.8, 4) is 11.3 Å². The van der Waals surface area contributed by atoms with E-state index in [-0.39, 0.29) is 11.2 Å². The number of aromatic nitrogens is 1. The number of hydrogen-bond donors (Lipinski definition) is 2. The van der Waals surface area contributed by atoms with Gasteiger partial charge < -0.3 is 0 Å². The zero-order chi connectivity index (χ0) is 16.5. The van der Waals surface area contributed by atoms with Gasteiger partial charge in [-0.25, -0.2) is 10.5 Å². The number of benzene rings is 1. The predicted molar refractivity (Wildman–Crippen MR) is 95.9 cm³/mol. The zero-order valence-electron chi connectivity index (χ0n) is 13.2. The van der Waals surface area contributed by atoms with E-state index in [1.54, 1.807) is 5.48 Å². The number of nitrogens with zero attached hydrogens (tertiary/aromatic N) is 1. The normalized spacial score (nSPS) is 12.1. The monoisotopic (exact) mass is 350 g/mol. The van der Waals surface area contributed by atoms with Crippen molar-refractivity contribution >= 4 is 29.0 Å². The topological polar surface area (TPSA) is 62.2 Å². The predicted octanol–water partition coefficient (Wildman–Crippen LogP) is 4.75. The van der Waals surface area contributed by atoms with Crippen LogP contribution in [0, 0.1) is 0 Å². The van der Waals surface area contributed by atoms with Crippen LogP contribution < -0.4 is 5.48 Å². The van der Waals surface area contributed by atoms with E-state index in [4.69, 9.17) is 5.21 Å². The molecular formula is C17H22N2O2S2. The maximum absolute atomic E-state index is 11.9. The molecule has 0 aliphatic rings. The Kier molecular flexibility index (Phi) is 7.58. The number of carbonyl (C=O) groups excluding carboxylic acids is 1. The Morgan fingerprint density at radius 2 is 2.09 bits per heavy atom. The molecule has 2 aromatic rings. The highest BCUT2D eigenvalue weighted by Crippen LogP contribution is 2.32. The number of rotatable bonds is 9. The fourth-order valence-corrected chi connectivity index (χ4v) is 4.35. The Balaban J connectivity index is 1.99. The van der Waals surface area contributed by atoms with Crippen LogP contribution >= 0.6 is 23.1 Å². The van der Waals surface area contributed by atoms with E-state index in [0.29, 0.717) is 0 Å². The lowest BCUT2D eigenvalue weighted by atomic mass is 10.1. The fourth-order valence-electron chi connectivity index (χ4n) is 2.25. The summed E-state index contributed by atoms with van der Waals surface area (Å²) in [5.41, 5.74) is 3.78. The van der Waals surface area contributed by atoms with E-state index >= 15 is 0 Å². The molecular weight excluding hydrogens is 328 g/mol. The van der Waals surface area contributed by atoms with Crippen molar-refractivity contribution in [2.45, 2.75) is 48.6 Å². The van der Waals surface area contributed by atoms with E-state index in [9.17, 15) is 4.79 Å². The Hall–Kier alpha value is -1.37. The molecule has 2 rings (SSSR count). The first-order chi connectivity index (χ1) is 11.2. The molecule has 0 saturated heterocycles. The van der Waals surface area contributed by atoms with Gasteiger partial charge in [0.05, 0.1) is 10.9 Å². The summed E-state index contributed by atoms with van der Waals surface area (Å²) in [5.74, 6) is -0.344. The van der Waals surface area contributed by atoms with Crippen molar-refractivity contribution in [3.05, 3.63) is 35.7 Å². The average Bonchev–Trinajstić information content (AvgIpc) is 3.06. The highest BCUT2D eigenvalue weighted by Gasteiger charge is 2.21. The van der Waals surface area contributed by atoms with Gasteiger partial charge in [-0.3, -0.25) is 10.0 Å². The average molecular weight is 351 g/mol. The second-order valence-corrected chi connectivity index (χ2v) is 7.60. The molecule has 1 unspecified atom stereocenters. The number of hydroxylamine groups is 1. The molecule has 0 aliphatic heterocycles. The summed E-state index contributed by atoms with van der Waals surface area (Å²) in [7, 11) is 0. The van der Waals surface area contributed by atoms with Gasteiger partial charge in [-0.15, -0.1) is 11.3 Å². The van der Waals surface area contributed by atoms with Crippen LogP contribution in [0.4, 0.5) is 0 Å². The van der Waals surface area contributed by atoms with Crippen molar-refractivity contribution in [3.63, 3.8) is 0 Å². The van der Waals surface area contributed by atoms with Crippen LogP contribution in [0.3, 0.4) is 0 Å². The standard InChI is InChI=1S/C17H22N2O2S2/c1-2-3-4-8-11-15(16(20)19-21)23-17-18-14(12-22-17)13-9-6-5-7-10-13/h5-7,9-10,12,15,21H,2-4,8,11H2,1H3,(H,19,20). The first kappa shape index (κ1) is 18.0. The van der Waals surface area contributed by atoms with Gasteiger partial charge in [0.15, 0.2) is 4.34 Å². The number of nitrogens with one attached hydrogen (secondary N) is 1. The lowest BCUT2D eigenvalue weighted by molar-refractivity contribution is -0.128. The smallest absolute Gasteiger partial charge is 0.256 e. The molecule has 1 atom stereocenters. The molecule has 2 N–H and O–H groups in total. The largest absolute Gasteiger partial charge is 0.289 e. The second kappa shape index (κ2) is 9.70. The van der Waals surface area contributed by atoms with Gasteiger partial charge in [0.1, 0.15) is 0 Å². The molecule has 1 aromatic carbocycles. The fraction of sp³-hybridized carbons (Fsp3) is 0.412. The quantitative estimate of drug-likeness (QED) is 0.297. The minimum absolute atomic E-state index is 0.299. The Morgan fingerprint density at radius 3 is 2.78 bits per heavy atom. The van der Waals surface area contributed by atoms with Crippen molar-refractivity contribution in [2.24, 2.45) is 0 Å². The highest BCUT2D eigenvalue weighted by atomic mass is 32.2. The summed E-state index contributed by atoms with van der Waals surface area (Å²) < 4.78 is 0.855. The van der Waals surface area contributed by atoms with Crippen molar-refractivity contribution in [2.75, 3.05) is 0 Å². The first-order valence-electron chi connectivity index (χ1n) is 7.86. The van der Waals surface area contributed by atoms with Crippen molar-refractivity contribution in [1.82, 2.24) is 10.5 Å². The van der Waals surface area contributed by atoms with Gasteiger partial charge in [-0.05, 0) is 6.42 Å². The van der Waals surface area contributed by atoms with E-state index in [1.165, 1.54) is 29.5 Å². The third kappa shape index (κ3) is 5.64. The van der Waals surface area contributed by atoms with Crippen LogP contribution in [0.1, 0.15) is 39.0 Å². The SMILES string of the molecule is CCCCCCC(Sc1nc(-c2ccccc2)cs1)C(=O)NO. The summed E-state index contributed by atoms with van der Waals surface area (Å²) in [6.45, 7) is 2.16. The third-order valence-corrected chi connectivity index (χ3v) is 5.76. The maximum Gasteiger partial charge on any atom is 0.256 e. The van der Waals surface area contributed by atoms with Gasteiger partial charge in [0.25, 0.3) is 5.91 Å². The van der Waals surface area contributed by atoms with E-state index in [0.717, 1.165) is 41.3 Å². The van der Waals surface area contributed by atoms with Gasteiger partial charge in [0, 0.05) is 10.9 Å². The molecule has 0 saturated carbocycles. The van der Waals surface area contributed by atoms with Crippen LogP contribution in [0.15, 0.2) is 40.1 Å². The molecule has 124 valence electrons. The van der Waals surface area contributed by atoms with E-state index < -0.39 is 0 Å². The van der Waals surface area contributed by atoms with Crippen molar-refractivity contribution < 1.29 is 10.0 Å². The van der Waals surface area contributed by atoms with Gasteiger partial charge >= 0.3 is 0 Å². The lowest BCUT2D eigenvalue weighted by Crippen LogP contribution is -2.30. The van der Waals surface area contributed by atoms with Gasteiger partial charge in [-0.2, -0.15) is 0 Å². The number of carbonyl (C=O) groups is 1. The number of thiazole rings is 1. The zero-order valence-corrected chi connectivity index (χ0v) is 14.8. The van der Waals surface area contributed by atoms with E-state index in [1.807, 2.05) is 35.7 Å². The molecule has 0 radical (unpaired) electrons. The first-order valence-corrected chi connectivity index (χ1v) is 9.62. The second-order valence-electron chi connectivity index (χ2n) is 5.30. The molecule has 0 aliphatic carbocycles. The molecule has 0 spiro atoms. The summed E-state index contributed by atoms with van der Waals surface area (Å²) in [4.78, 5) is 16.5. The molecule has 0 bridgehead atoms. The number of unbranched alkanes of at least 4 members (excludes halogenated alkanes) is 3. The van der Waals surface area contributed by atoms with Crippen LogP contribution in [-0.2, 0) is 4.79 Å². The highest BCUT2D eigenvalue weighted by molar-refractivity contribution is 8.02. The van der Waals surface area contributed by atoms with Crippen molar-refractivity contribution in [1.29, 1.82) is 0 Å².